The third-order valence-electron chi connectivity index (χ3n) is 9.44. The van der Waals surface area contributed by atoms with E-state index < -0.39 is 0 Å². The maximum absolute atomic E-state index is 13.7. The molecule has 0 saturated carbocycles. The summed E-state index contributed by atoms with van der Waals surface area (Å²) in [6, 6.07) is 15.6. The number of aromatic amines is 1. The van der Waals surface area contributed by atoms with Crippen molar-refractivity contribution in [2.75, 3.05) is 25.1 Å². The lowest BCUT2D eigenvalue weighted by Gasteiger charge is -2.31. The van der Waals surface area contributed by atoms with Gasteiger partial charge in [0.05, 0.1) is 18.8 Å². The van der Waals surface area contributed by atoms with E-state index >= 15 is 0 Å². The predicted octanol–water partition coefficient (Wildman–Crippen LogP) is 5.24. The second-order valence-electron chi connectivity index (χ2n) is 12.6. The SMILES string of the molecule is CCC1CC(Nc2cc(-c3ccc(CN4C[C@H]5C[C@@H]4CO5)cc3)cc(C(=O)NCc3c(C)cc(C)[nH]c3=O)c2C)CCO1. The monoisotopic (exact) mass is 584 g/mol. The zero-order chi connectivity index (χ0) is 30.1. The van der Waals surface area contributed by atoms with Crippen molar-refractivity contribution in [3.05, 3.63) is 86.3 Å². The Balaban J connectivity index is 1.26. The number of rotatable bonds is 9. The number of amides is 1. The van der Waals surface area contributed by atoms with Crippen LogP contribution in [0, 0.1) is 20.8 Å². The summed E-state index contributed by atoms with van der Waals surface area (Å²) < 4.78 is 11.7. The molecule has 0 aliphatic carbocycles. The van der Waals surface area contributed by atoms with Gasteiger partial charge in [-0.25, -0.2) is 0 Å². The fraction of sp³-hybridized carbons (Fsp3) is 0.486. The molecule has 3 aromatic rings. The first-order valence-corrected chi connectivity index (χ1v) is 15.7. The fourth-order valence-electron chi connectivity index (χ4n) is 6.86. The molecule has 2 unspecified atom stereocenters. The summed E-state index contributed by atoms with van der Waals surface area (Å²) in [6.45, 7) is 11.6. The minimum absolute atomic E-state index is 0.162. The lowest BCUT2D eigenvalue weighted by molar-refractivity contribution is 0.00924. The molecule has 2 aromatic carbocycles. The van der Waals surface area contributed by atoms with Crippen molar-refractivity contribution in [1.29, 1.82) is 0 Å². The van der Waals surface area contributed by atoms with Gasteiger partial charge in [-0.05, 0) is 92.5 Å². The first-order valence-electron chi connectivity index (χ1n) is 15.7. The number of nitrogens with zero attached hydrogens (tertiary/aromatic N) is 1. The number of H-pyrrole nitrogens is 1. The van der Waals surface area contributed by atoms with Crippen LogP contribution in [0.25, 0.3) is 11.1 Å². The average molecular weight is 585 g/mol. The Morgan fingerprint density at radius 3 is 2.56 bits per heavy atom. The van der Waals surface area contributed by atoms with Crippen molar-refractivity contribution in [3.8, 4) is 11.1 Å². The molecule has 43 heavy (non-hydrogen) atoms. The number of likely N-dealkylation sites (tertiary alicyclic amines) is 1. The number of pyridine rings is 1. The van der Waals surface area contributed by atoms with Crippen LogP contribution in [0.3, 0.4) is 0 Å². The Hall–Kier alpha value is -3.46. The smallest absolute Gasteiger partial charge is 0.253 e. The van der Waals surface area contributed by atoms with Crippen LogP contribution < -0.4 is 16.2 Å². The molecule has 4 atom stereocenters. The third kappa shape index (κ3) is 6.56. The molecule has 3 N–H and O–H groups in total. The topological polar surface area (TPSA) is 95.7 Å². The third-order valence-corrected chi connectivity index (χ3v) is 9.44. The van der Waals surface area contributed by atoms with E-state index in [0.717, 1.165) is 85.6 Å². The highest BCUT2D eigenvalue weighted by Gasteiger charge is 2.38. The second kappa shape index (κ2) is 12.6. The molecular weight excluding hydrogens is 540 g/mol. The molecule has 3 aliphatic rings. The van der Waals surface area contributed by atoms with Gasteiger partial charge in [-0.15, -0.1) is 0 Å². The van der Waals surface area contributed by atoms with Crippen molar-refractivity contribution in [2.24, 2.45) is 0 Å². The highest BCUT2D eigenvalue weighted by molar-refractivity contribution is 5.98. The summed E-state index contributed by atoms with van der Waals surface area (Å²) >= 11 is 0. The van der Waals surface area contributed by atoms with E-state index in [2.05, 4.69) is 57.8 Å². The first-order chi connectivity index (χ1) is 20.8. The van der Waals surface area contributed by atoms with Gasteiger partial charge >= 0.3 is 0 Å². The number of hydrogen-bond donors (Lipinski definition) is 3. The number of anilines is 1. The number of carbonyl (C=O) groups is 1. The molecule has 4 heterocycles. The fourth-order valence-corrected chi connectivity index (χ4v) is 6.86. The van der Waals surface area contributed by atoms with Crippen LogP contribution in [0.1, 0.15) is 70.9 Å². The van der Waals surface area contributed by atoms with Crippen LogP contribution in [0.15, 0.2) is 47.3 Å². The van der Waals surface area contributed by atoms with Crippen LogP contribution in [-0.4, -0.2) is 59.8 Å². The maximum Gasteiger partial charge on any atom is 0.253 e. The lowest BCUT2D eigenvalue weighted by atomic mass is 9.95. The van der Waals surface area contributed by atoms with Gasteiger partial charge in [0.2, 0.25) is 0 Å². The van der Waals surface area contributed by atoms with E-state index in [1.165, 1.54) is 5.56 Å². The van der Waals surface area contributed by atoms with Crippen LogP contribution in [0.5, 0.6) is 0 Å². The number of ether oxygens (including phenoxy) is 2. The lowest BCUT2D eigenvalue weighted by Crippen LogP contribution is -2.36. The van der Waals surface area contributed by atoms with Crippen molar-refractivity contribution >= 4 is 11.6 Å². The molecule has 0 spiro atoms. The number of morpholine rings is 1. The predicted molar refractivity (Wildman–Crippen MR) is 170 cm³/mol. The maximum atomic E-state index is 13.7. The number of benzene rings is 2. The van der Waals surface area contributed by atoms with Crippen LogP contribution >= 0.6 is 0 Å². The highest BCUT2D eigenvalue weighted by Crippen LogP contribution is 2.33. The van der Waals surface area contributed by atoms with Gasteiger partial charge in [0.15, 0.2) is 0 Å². The van der Waals surface area contributed by atoms with Gasteiger partial charge in [-0.3, -0.25) is 14.5 Å². The molecular formula is C35H44N4O4. The Morgan fingerprint density at radius 1 is 1.05 bits per heavy atom. The molecule has 2 bridgehead atoms. The van der Waals surface area contributed by atoms with Gasteiger partial charge in [0.1, 0.15) is 0 Å². The van der Waals surface area contributed by atoms with E-state index in [4.69, 9.17) is 9.47 Å². The van der Waals surface area contributed by atoms with E-state index in [1.54, 1.807) is 0 Å². The van der Waals surface area contributed by atoms with Gasteiger partial charge < -0.3 is 25.1 Å². The van der Waals surface area contributed by atoms with Gasteiger partial charge in [-0.2, -0.15) is 0 Å². The summed E-state index contributed by atoms with van der Waals surface area (Å²) in [5, 5.41) is 6.78. The van der Waals surface area contributed by atoms with E-state index in [9.17, 15) is 9.59 Å². The van der Waals surface area contributed by atoms with E-state index in [-0.39, 0.29) is 30.2 Å². The quantitative estimate of drug-likeness (QED) is 0.319. The number of carbonyl (C=O) groups excluding carboxylic acids is 1. The molecule has 6 rings (SSSR count). The molecule has 228 valence electrons. The van der Waals surface area contributed by atoms with Crippen molar-refractivity contribution in [1.82, 2.24) is 15.2 Å². The highest BCUT2D eigenvalue weighted by atomic mass is 16.5. The number of aromatic nitrogens is 1. The summed E-state index contributed by atoms with van der Waals surface area (Å²) in [6.07, 6.45) is 4.64. The number of aryl methyl sites for hydroxylation is 2. The number of nitrogens with one attached hydrogen (secondary N) is 3. The van der Waals surface area contributed by atoms with Crippen LogP contribution in [0.2, 0.25) is 0 Å². The minimum atomic E-state index is -0.192. The molecule has 3 aliphatic heterocycles. The number of hydrogen-bond acceptors (Lipinski definition) is 6. The summed E-state index contributed by atoms with van der Waals surface area (Å²) in [5.41, 5.74) is 7.90. The van der Waals surface area contributed by atoms with Crippen LogP contribution in [0.4, 0.5) is 5.69 Å². The van der Waals surface area contributed by atoms with E-state index in [1.807, 2.05) is 32.9 Å². The van der Waals surface area contributed by atoms with Crippen molar-refractivity contribution in [3.63, 3.8) is 0 Å². The summed E-state index contributed by atoms with van der Waals surface area (Å²) in [5.74, 6) is -0.192. The Bertz CT molecular complexity index is 1530. The number of fused-ring (bicyclic) bond motifs is 2. The van der Waals surface area contributed by atoms with Crippen molar-refractivity contribution < 1.29 is 14.3 Å². The van der Waals surface area contributed by atoms with E-state index in [0.29, 0.717) is 23.3 Å². The Kier molecular flexibility index (Phi) is 8.71. The minimum Gasteiger partial charge on any atom is -0.382 e. The standard InChI is InChI=1S/C35H44N4O4/c1-5-29-15-27(10-11-42-29)38-33-14-26(25-8-6-24(7-9-25)18-39-19-30-16-28(39)20-43-30)13-31(23(33)4)34(40)36-17-32-21(2)12-22(3)37-35(32)41/h6-9,12-14,27-30,38H,5,10-11,15-20H2,1-4H3,(H,36,40)(H,37,41)/t27?,28-,29?,30-/m1/s1. The molecule has 3 saturated heterocycles. The van der Waals surface area contributed by atoms with Crippen LogP contribution in [-0.2, 0) is 22.6 Å². The van der Waals surface area contributed by atoms with Gasteiger partial charge in [0, 0.05) is 60.8 Å². The summed E-state index contributed by atoms with van der Waals surface area (Å²) in [4.78, 5) is 31.6. The Morgan fingerprint density at radius 2 is 1.86 bits per heavy atom. The Labute approximate surface area is 254 Å². The average Bonchev–Trinajstić information content (AvgIpc) is 3.62. The van der Waals surface area contributed by atoms with Crippen molar-refractivity contribution in [2.45, 2.75) is 90.8 Å². The molecule has 3 fully saturated rings. The molecule has 8 heteroatoms. The van der Waals surface area contributed by atoms with Gasteiger partial charge in [-0.1, -0.05) is 31.2 Å². The molecule has 8 nitrogen and oxygen atoms in total. The molecule has 1 aromatic heterocycles. The molecule has 0 radical (unpaired) electrons. The van der Waals surface area contributed by atoms with Gasteiger partial charge in [0.25, 0.3) is 11.5 Å². The molecule has 1 amide bonds. The summed E-state index contributed by atoms with van der Waals surface area (Å²) in [7, 11) is 0. The second-order valence-corrected chi connectivity index (χ2v) is 12.6. The largest absolute Gasteiger partial charge is 0.382 e. The zero-order valence-corrected chi connectivity index (χ0v) is 25.8. The first kappa shape index (κ1) is 29.6. The normalized spacial score (nSPS) is 23.4. The zero-order valence-electron chi connectivity index (χ0n) is 25.8.